The van der Waals surface area contributed by atoms with E-state index in [9.17, 15) is 14.9 Å². The van der Waals surface area contributed by atoms with E-state index < -0.39 is 6.09 Å². The first-order valence-corrected chi connectivity index (χ1v) is 14.0. The smallest absolute Gasteiger partial charge is 0.404 e. The van der Waals surface area contributed by atoms with Crippen LogP contribution in [0.15, 0.2) is 42.4 Å². The zero-order valence-corrected chi connectivity index (χ0v) is 22.6. The lowest BCUT2D eigenvalue weighted by Gasteiger charge is -2.41. The first-order valence-electron chi connectivity index (χ1n) is 14.0. The molecule has 3 N–H and O–H groups in total. The standard InChI is InChI=1S/C28H44N4O6/c1-37-18-9-19-38-27(23-11-3-2-4-12-23)24-14-8-17-31(20-24)26(21-32(35)36)30-25-15-6-5-10-22(25)13-7-16-29-28(33)34/h2-4,11-12,21-22,24-25,27,29-30H,5-10,13-20H2,1H3,(H,33,34)/t22?,24?,25-,27+/m0/s1. The molecule has 1 amide bonds. The third-order valence-corrected chi connectivity index (χ3v) is 7.64. The monoisotopic (exact) mass is 532 g/mol. The molecule has 1 aliphatic carbocycles. The van der Waals surface area contributed by atoms with E-state index in [0.717, 1.165) is 76.1 Å². The molecular formula is C28H44N4O6. The summed E-state index contributed by atoms with van der Waals surface area (Å²) >= 11 is 0. The van der Waals surface area contributed by atoms with Crippen LogP contribution < -0.4 is 10.6 Å². The molecule has 2 aliphatic rings. The Hall–Kier alpha value is -2.85. The molecule has 0 radical (unpaired) electrons. The van der Waals surface area contributed by atoms with Gasteiger partial charge >= 0.3 is 6.09 Å². The molecule has 38 heavy (non-hydrogen) atoms. The van der Waals surface area contributed by atoms with Gasteiger partial charge in [-0.05, 0) is 56.4 Å². The maximum absolute atomic E-state index is 11.7. The van der Waals surface area contributed by atoms with Gasteiger partial charge in [-0.25, -0.2) is 4.79 Å². The van der Waals surface area contributed by atoms with Gasteiger partial charge in [0.25, 0.3) is 6.20 Å². The lowest BCUT2D eigenvalue weighted by molar-refractivity contribution is -0.405. The molecule has 1 aromatic carbocycles. The van der Waals surface area contributed by atoms with Crippen molar-refractivity contribution in [1.82, 2.24) is 15.5 Å². The lowest BCUT2D eigenvalue weighted by atomic mass is 9.81. The molecule has 10 heteroatoms. The zero-order valence-electron chi connectivity index (χ0n) is 22.6. The number of nitrogens with zero attached hydrogens (tertiary/aromatic N) is 2. The van der Waals surface area contributed by atoms with Crippen LogP contribution in [0.5, 0.6) is 0 Å². The topological polar surface area (TPSA) is 126 Å². The van der Waals surface area contributed by atoms with Crippen LogP contribution in [0.1, 0.15) is 69.5 Å². The molecule has 1 aliphatic heterocycles. The second kappa shape index (κ2) is 16.2. The normalized spacial score (nSPS) is 23.0. The molecule has 212 valence electrons. The van der Waals surface area contributed by atoms with E-state index in [1.165, 1.54) is 0 Å². The number of hydrogen-bond donors (Lipinski definition) is 3. The summed E-state index contributed by atoms with van der Waals surface area (Å²) in [4.78, 5) is 24.2. The van der Waals surface area contributed by atoms with E-state index in [-0.39, 0.29) is 23.0 Å². The molecule has 4 atom stereocenters. The number of piperidine rings is 1. The van der Waals surface area contributed by atoms with E-state index >= 15 is 0 Å². The van der Waals surface area contributed by atoms with Gasteiger partial charge in [0.15, 0.2) is 5.82 Å². The van der Waals surface area contributed by atoms with Crippen LogP contribution in [0, 0.1) is 22.0 Å². The quantitative estimate of drug-likeness (QED) is 0.168. The highest BCUT2D eigenvalue weighted by molar-refractivity contribution is 5.64. The van der Waals surface area contributed by atoms with Gasteiger partial charge in [0.1, 0.15) is 0 Å². The van der Waals surface area contributed by atoms with Gasteiger partial charge in [0.05, 0.1) is 11.0 Å². The number of amides is 1. The SMILES string of the molecule is COCCCO[C@H](c1ccccc1)C1CCCN(C(=C[N+](=O)[O-])N[C@H]2CCCCC2CCCNC(=O)O)C1. The minimum atomic E-state index is -1.00. The van der Waals surface area contributed by atoms with Crippen molar-refractivity contribution in [2.24, 2.45) is 11.8 Å². The number of benzene rings is 1. The van der Waals surface area contributed by atoms with E-state index in [1.54, 1.807) is 7.11 Å². The van der Waals surface area contributed by atoms with Crippen LogP contribution in [0.3, 0.4) is 0 Å². The van der Waals surface area contributed by atoms with Crippen LogP contribution in [0.4, 0.5) is 4.79 Å². The van der Waals surface area contributed by atoms with Gasteiger partial charge < -0.3 is 30.1 Å². The van der Waals surface area contributed by atoms with Gasteiger partial charge in [-0.1, -0.05) is 43.2 Å². The largest absolute Gasteiger partial charge is 0.465 e. The average Bonchev–Trinajstić information content (AvgIpc) is 2.92. The fraction of sp³-hybridized carbons (Fsp3) is 0.679. The Labute approximate surface area is 225 Å². The summed E-state index contributed by atoms with van der Waals surface area (Å²) in [5.74, 6) is 1.14. The molecule has 1 heterocycles. The van der Waals surface area contributed by atoms with Crippen LogP contribution in [0.2, 0.25) is 0 Å². The maximum Gasteiger partial charge on any atom is 0.404 e. The highest BCUT2D eigenvalue weighted by Gasteiger charge is 2.33. The number of carboxylic acid groups (broad SMARTS) is 1. The summed E-state index contributed by atoms with van der Waals surface area (Å²) in [5, 5.41) is 26.5. The molecule has 3 rings (SSSR count). The minimum Gasteiger partial charge on any atom is -0.465 e. The van der Waals surface area contributed by atoms with Crippen molar-refractivity contribution in [2.75, 3.05) is 40.0 Å². The first-order chi connectivity index (χ1) is 18.5. The fourth-order valence-electron chi connectivity index (χ4n) is 5.84. The minimum absolute atomic E-state index is 0.0862. The number of nitrogens with one attached hydrogen (secondary N) is 2. The predicted octanol–water partition coefficient (Wildman–Crippen LogP) is 4.76. The Bertz CT molecular complexity index is 883. The number of rotatable bonds is 15. The van der Waals surface area contributed by atoms with Crippen molar-refractivity contribution >= 4 is 6.09 Å². The Morgan fingerprint density at radius 3 is 2.71 bits per heavy atom. The highest BCUT2D eigenvalue weighted by Crippen LogP contribution is 2.35. The van der Waals surface area contributed by atoms with Crippen molar-refractivity contribution in [3.05, 3.63) is 58.0 Å². The summed E-state index contributed by atoms with van der Waals surface area (Å²) < 4.78 is 11.6. The Balaban J connectivity index is 1.70. The summed E-state index contributed by atoms with van der Waals surface area (Å²) in [6.45, 7) is 3.10. The summed E-state index contributed by atoms with van der Waals surface area (Å²) in [5.41, 5.74) is 1.13. The molecule has 0 spiro atoms. The number of ether oxygens (including phenoxy) is 2. The molecule has 1 saturated carbocycles. The summed E-state index contributed by atoms with van der Waals surface area (Å²) in [7, 11) is 1.69. The van der Waals surface area contributed by atoms with Gasteiger partial charge in [0.2, 0.25) is 0 Å². The van der Waals surface area contributed by atoms with Crippen molar-refractivity contribution < 1.29 is 24.3 Å². The van der Waals surface area contributed by atoms with E-state index in [2.05, 4.69) is 27.7 Å². The van der Waals surface area contributed by atoms with E-state index in [1.807, 2.05) is 18.2 Å². The van der Waals surface area contributed by atoms with Gasteiger partial charge in [0, 0.05) is 51.9 Å². The van der Waals surface area contributed by atoms with Crippen LogP contribution >= 0.6 is 0 Å². The van der Waals surface area contributed by atoms with Crippen LogP contribution in [0.25, 0.3) is 0 Å². The molecule has 2 unspecified atom stereocenters. The number of methoxy groups -OCH3 is 1. The van der Waals surface area contributed by atoms with E-state index in [4.69, 9.17) is 14.6 Å². The van der Waals surface area contributed by atoms with E-state index in [0.29, 0.717) is 38.0 Å². The molecule has 0 aromatic heterocycles. The highest BCUT2D eigenvalue weighted by atomic mass is 16.6. The molecular weight excluding hydrogens is 488 g/mol. The van der Waals surface area contributed by atoms with Crippen molar-refractivity contribution in [3.8, 4) is 0 Å². The van der Waals surface area contributed by atoms with Crippen LogP contribution in [-0.4, -0.2) is 67.0 Å². The zero-order chi connectivity index (χ0) is 27.2. The number of likely N-dealkylation sites (tertiary alicyclic amines) is 1. The molecule has 1 aromatic rings. The Morgan fingerprint density at radius 2 is 1.97 bits per heavy atom. The molecule has 2 fully saturated rings. The predicted molar refractivity (Wildman–Crippen MR) is 145 cm³/mol. The molecule has 0 bridgehead atoms. The molecule has 10 nitrogen and oxygen atoms in total. The maximum atomic E-state index is 11.7. The second-order valence-electron chi connectivity index (χ2n) is 10.4. The summed E-state index contributed by atoms with van der Waals surface area (Å²) in [6, 6.07) is 10.4. The van der Waals surface area contributed by atoms with Crippen LogP contribution in [-0.2, 0) is 9.47 Å². The Morgan fingerprint density at radius 1 is 1.18 bits per heavy atom. The van der Waals surface area contributed by atoms with Gasteiger partial charge in [-0.2, -0.15) is 0 Å². The van der Waals surface area contributed by atoms with Gasteiger partial charge in [-0.15, -0.1) is 0 Å². The summed E-state index contributed by atoms with van der Waals surface area (Å²) in [6.07, 6.45) is 8.64. The second-order valence-corrected chi connectivity index (χ2v) is 10.4. The third-order valence-electron chi connectivity index (χ3n) is 7.64. The van der Waals surface area contributed by atoms with Crippen molar-refractivity contribution in [2.45, 2.75) is 69.9 Å². The van der Waals surface area contributed by atoms with Crippen molar-refractivity contribution in [3.63, 3.8) is 0 Å². The number of hydrogen-bond acceptors (Lipinski definition) is 7. The number of nitro groups is 1. The molecule has 1 saturated heterocycles. The fourth-order valence-corrected chi connectivity index (χ4v) is 5.84. The number of carbonyl (C=O) groups is 1. The van der Waals surface area contributed by atoms with Crippen molar-refractivity contribution in [1.29, 1.82) is 0 Å². The first kappa shape index (κ1) is 29.7. The lowest BCUT2D eigenvalue weighted by Crippen LogP contribution is -2.47. The third kappa shape index (κ3) is 9.79. The Kier molecular flexibility index (Phi) is 12.7. The van der Waals surface area contributed by atoms with Gasteiger partial charge in [-0.3, -0.25) is 10.1 Å². The average molecular weight is 533 g/mol.